The molecule has 0 aliphatic heterocycles. The van der Waals surface area contributed by atoms with Crippen LogP contribution in [0.25, 0.3) is 11.0 Å². The van der Waals surface area contributed by atoms with E-state index in [1.165, 1.54) is 5.56 Å². The molecule has 0 saturated heterocycles. The molecule has 1 amide bonds. The molecule has 0 radical (unpaired) electrons. The van der Waals surface area contributed by atoms with Crippen molar-refractivity contribution in [1.82, 2.24) is 9.55 Å². The highest BCUT2D eigenvalue weighted by molar-refractivity contribution is 9.10. The minimum Gasteiger partial charge on any atom is -0.324 e. The van der Waals surface area contributed by atoms with Gasteiger partial charge in [0.15, 0.2) is 0 Å². The van der Waals surface area contributed by atoms with Gasteiger partial charge in [0, 0.05) is 22.8 Å². The third-order valence-electron chi connectivity index (χ3n) is 5.15. The average Bonchev–Trinajstić information content (AvgIpc) is 3.06. The predicted molar refractivity (Wildman–Crippen MR) is 132 cm³/mol. The Morgan fingerprint density at radius 2 is 1.81 bits per heavy atom. The van der Waals surface area contributed by atoms with Crippen LogP contribution < -0.4 is 10.6 Å². The summed E-state index contributed by atoms with van der Waals surface area (Å²) in [6.45, 7) is 4.28. The molecule has 0 bridgehead atoms. The maximum atomic E-state index is 12.7. The van der Waals surface area contributed by atoms with Crippen molar-refractivity contribution >= 4 is 61.8 Å². The number of carbonyl (C=O) groups is 1. The van der Waals surface area contributed by atoms with E-state index in [1.807, 2.05) is 60.1 Å². The number of rotatable bonds is 5. The largest absolute Gasteiger partial charge is 0.324 e. The van der Waals surface area contributed by atoms with Gasteiger partial charge >= 0.3 is 0 Å². The zero-order valence-corrected chi connectivity index (χ0v) is 19.8. The van der Waals surface area contributed by atoms with E-state index in [9.17, 15) is 4.79 Å². The molecule has 5 nitrogen and oxygen atoms in total. The Balaban J connectivity index is 1.61. The van der Waals surface area contributed by atoms with E-state index in [1.54, 1.807) is 12.1 Å². The van der Waals surface area contributed by atoms with Crippen LogP contribution in [0.1, 0.15) is 35.7 Å². The standard InChI is InChI=1S/C24H22BrClN4O/c1-14(2)15-4-10-19(26)20(12-15)28-24-29-21-13-16(5-11-22(21)30(24)3)23(31)27-18-8-6-17(25)7-9-18/h4-14H,1-3H3,(H,27,31)(H,28,29). The summed E-state index contributed by atoms with van der Waals surface area (Å²) in [5.74, 6) is 0.866. The van der Waals surface area contributed by atoms with Crippen molar-refractivity contribution in [3.63, 3.8) is 0 Å². The summed E-state index contributed by atoms with van der Waals surface area (Å²) in [5.41, 5.74) is 4.91. The fourth-order valence-corrected chi connectivity index (χ4v) is 3.74. The van der Waals surface area contributed by atoms with Gasteiger partial charge in [-0.25, -0.2) is 4.98 Å². The zero-order chi connectivity index (χ0) is 22.1. The highest BCUT2D eigenvalue weighted by Gasteiger charge is 2.14. The Labute approximate surface area is 194 Å². The van der Waals surface area contributed by atoms with Gasteiger partial charge in [-0.1, -0.05) is 47.4 Å². The van der Waals surface area contributed by atoms with Crippen LogP contribution in [-0.2, 0) is 7.05 Å². The Morgan fingerprint density at radius 3 is 2.52 bits per heavy atom. The van der Waals surface area contributed by atoms with Gasteiger partial charge in [-0.2, -0.15) is 0 Å². The molecular weight excluding hydrogens is 476 g/mol. The molecule has 0 aliphatic rings. The fourth-order valence-electron chi connectivity index (χ4n) is 3.31. The number of nitrogens with one attached hydrogen (secondary N) is 2. The molecule has 3 aromatic carbocycles. The van der Waals surface area contributed by atoms with Crippen molar-refractivity contribution in [1.29, 1.82) is 0 Å². The first-order valence-corrected chi connectivity index (χ1v) is 11.1. The molecule has 0 saturated carbocycles. The number of anilines is 3. The molecular formula is C24H22BrClN4O. The SMILES string of the molecule is CC(C)c1ccc(Cl)c(Nc2nc3cc(C(=O)Nc4ccc(Br)cc4)ccc3n2C)c1. The number of hydrogen-bond donors (Lipinski definition) is 2. The molecule has 4 aromatic rings. The van der Waals surface area contributed by atoms with E-state index in [4.69, 9.17) is 16.6 Å². The summed E-state index contributed by atoms with van der Waals surface area (Å²) in [6, 6.07) is 18.9. The lowest BCUT2D eigenvalue weighted by Gasteiger charge is -2.12. The number of amides is 1. The molecule has 4 rings (SSSR count). The van der Waals surface area contributed by atoms with Crippen molar-refractivity contribution in [2.45, 2.75) is 19.8 Å². The summed E-state index contributed by atoms with van der Waals surface area (Å²) >= 11 is 9.79. The molecule has 0 fully saturated rings. The van der Waals surface area contributed by atoms with Crippen LogP contribution in [0.4, 0.5) is 17.3 Å². The zero-order valence-electron chi connectivity index (χ0n) is 17.4. The van der Waals surface area contributed by atoms with Gasteiger partial charge in [-0.15, -0.1) is 0 Å². The number of imidazole rings is 1. The van der Waals surface area contributed by atoms with Gasteiger partial charge in [0.1, 0.15) is 0 Å². The summed E-state index contributed by atoms with van der Waals surface area (Å²) in [4.78, 5) is 17.4. The third-order valence-corrected chi connectivity index (χ3v) is 6.01. The first-order chi connectivity index (χ1) is 14.8. The van der Waals surface area contributed by atoms with E-state index in [0.717, 1.165) is 26.9 Å². The van der Waals surface area contributed by atoms with Gasteiger partial charge in [-0.3, -0.25) is 4.79 Å². The lowest BCUT2D eigenvalue weighted by molar-refractivity contribution is 0.102. The van der Waals surface area contributed by atoms with Crippen LogP contribution >= 0.6 is 27.5 Å². The topological polar surface area (TPSA) is 59.0 Å². The number of aromatic nitrogens is 2. The molecule has 158 valence electrons. The lowest BCUT2D eigenvalue weighted by Crippen LogP contribution is -2.11. The average molecular weight is 498 g/mol. The molecule has 1 aromatic heterocycles. The van der Waals surface area contributed by atoms with Gasteiger partial charge < -0.3 is 15.2 Å². The van der Waals surface area contributed by atoms with E-state index < -0.39 is 0 Å². The maximum Gasteiger partial charge on any atom is 0.255 e. The van der Waals surface area contributed by atoms with Crippen LogP contribution in [0.3, 0.4) is 0 Å². The molecule has 0 unspecified atom stereocenters. The maximum absolute atomic E-state index is 12.7. The monoisotopic (exact) mass is 496 g/mol. The Morgan fingerprint density at radius 1 is 1.06 bits per heavy atom. The molecule has 0 spiro atoms. The number of halogens is 2. The smallest absolute Gasteiger partial charge is 0.255 e. The van der Waals surface area contributed by atoms with Gasteiger partial charge in [0.2, 0.25) is 5.95 Å². The quantitative estimate of drug-likeness (QED) is 0.309. The second kappa shape index (κ2) is 8.73. The lowest BCUT2D eigenvalue weighted by atomic mass is 10.0. The van der Waals surface area contributed by atoms with Crippen molar-refractivity contribution in [3.8, 4) is 0 Å². The van der Waals surface area contributed by atoms with Crippen molar-refractivity contribution in [2.75, 3.05) is 10.6 Å². The normalized spacial score (nSPS) is 11.2. The number of fused-ring (bicyclic) bond motifs is 1. The highest BCUT2D eigenvalue weighted by Crippen LogP contribution is 2.30. The Hall–Kier alpha value is -2.83. The second-order valence-corrected chi connectivity index (χ2v) is 9.00. The van der Waals surface area contributed by atoms with Gasteiger partial charge in [-0.05, 0) is 66.1 Å². The van der Waals surface area contributed by atoms with Gasteiger partial charge in [0.05, 0.1) is 21.7 Å². The molecule has 2 N–H and O–H groups in total. The van der Waals surface area contributed by atoms with E-state index >= 15 is 0 Å². The number of carbonyl (C=O) groups excluding carboxylic acids is 1. The molecule has 0 atom stereocenters. The molecule has 0 aliphatic carbocycles. The van der Waals surface area contributed by atoms with Gasteiger partial charge in [0.25, 0.3) is 5.91 Å². The Bertz CT molecular complexity index is 1260. The van der Waals surface area contributed by atoms with Crippen LogP contribution in [-0.4, -0.2) is 15.5 Å². The summed E-state index contributed by atoms with van der Waals surface area (Å²) in [7, 11) is 1.93. The molecule has 31 heavy (non-hydrogen) atoms. The second-order valence-electron chi connectivity index (χ2n) is 7.68. The van der Waals surface area contributed by atoms with Crippen molar-refractivity contribution in [2.24, 2.45) is 7.05 Å². The highest BCUT2D eigenvalue weighted by atomic mass is 79.9. The molecule has 7 heteroatoms. The van der Waals surface area contributed by atoms with Crippen LogP contribution in [0.15, 0.2) is 65.1 Å². The fraction of sp³-hybridized carbons (Fsp3) is 0.167. The number of hydrogen-bond acceptors (Lipinski definition) is 3. The van der Waals surface area contributed by atoms with Crippen LogP contribution in [0, 0.1) is 0 Å². The third kappa shape index (κ3) is 4.60. The van der Waals surface area contributed by atoms with E-state index in [0.29, 0.717) is 22.5 Å². The molecule has 1 heterocycles. The summed E-state index contributed by atoms with van der Waals surface area (Å²) in [5, 5.41) is 6.87. The van der Waals surface area contributed by atoms with Crippen molar-refractivity contribution in [3.05, 3.63) is 81.3 Å². The number of aryl methyl sites for hydroxylation is 1. The first kappa shape index (κ1) is 21.4. The minimum absolute atomic E-state index is 0.183. The minimum atomic E-state index is -0.183. The number of benzene rings is 3. The predicted octanol–water partition coefficient (Wildman–Crippen LogP) is 7.11. The van der Waals surface area contributed by atoms with Crippen molar-refractivity contribution < 1.29 is 4.79 Å². The summed E-state index contributed by atoms with van der Waals surface area (Å²) < 4.78 is 2.91. The Kier molecular flexibility index (Phi) is 6.03. The first-order valence-electron chi connectivity index (χ1n) is 9.91. The van der Waals surface area contributed by atoms with Crippen LogP contribution in [0.2, 0.25) is 5.02 Å². The summed E-state index contributed by atoms with van der Waals surface area (Å²) in [6.07, 6.45) is 0. The van der Waals surface area contributed by atoms with Crippen LogP contribution in [0.5, 0.6) is 0 Å². The number of nitrogens with zero attached hydrogens (tertiary/aromatic N) is 2. The van der Waals surface area contributed by atoms with E-state index in [-0.39, 0.29) is 5.91 Å². The van der Waals surface area contributed by atoms with E-state index in [2.05, 4.69) is 40.4 Å².